The van der Waals surface area contributed by atoms with Gasteiger partial charge < -0.3 is 9.05 Å². The van der Waals surface area contributed by atoms with Gasteiger partial charge in [-0.15, -0.1) is 0 Å². The van der Waals surface area contributed by atoms with Crippen molar-refractivity contribution in [2.75, 3.05) is 6.61 Å². The normalized spacial score (nSPS) is 11.3. The summed E-state index contributed by atoms with van der Waals surface area (Å²) in [6.07, 6.45) is 6.39. The van der Waals surface area contributed by atoms with E-state index in [1.54, 1.807) is 24.3 Å². The highest BCUT2D eigenvalue weighted by molar-refractivity contribution is 7.49. The molecule has 0 fully saturated rings. The molecule has 0 atom stereocenters. The fraction of sp³-hybridized carbons (Fsp3) is 0.308. The summed E-state index contributed by atoms with van der Waals surface area (Å²) >= 11 is 0. The van der Waals surface area contributed by atoms with Crippen LogP contribution < -0.4 is 9.05 Å². The molecule has 3 aromatic carbocycles. The number of aryl methyl sites for hydroxylation is 2. The average Bonchev–Trinajstić information content (AvgIpc) is 2.79. The molecule has 3 aromatic rings. The summed E-state index contributed by atoms with van der Waals surface area (Å²) in [4.78, 5) is 0. The van der Waals surface area contributed by atoms with Gasteiger partial charge in [-0.05, 0) is 61.1 Å². The van der Waals surface area contributed by atoms with Crippen molar-refractivity contribution in [1.29, 1.82) is 0 Å². The molecular formula is C26H31O4P. The third-order valence-corrected chi connectivity index (χ3v) is 6.21. The lowest BCUT2D eigenvalue weighted by Crippen LogP contribution is -2.07. The van der Waals surface area contributed by atoms with E-state index in [1.165, 1.54) is 30.4 Å². The Labute approximate surface area is 185 Å². The summed E-state index contributed by atoms with van der Waals surface area (Å²) in [5.74, 6) is 0.892. The Bertz CT molecular complexity index is 898. The van der Waals surface area contributed by atoms with Crippen LogP contribution in [-0.2, 0) is 21.9 Å². The van der Waals surface area contributed by atoms with Gasteiger partial charge in [-0.1, -0.05) is 80.4 Å². The summed E-state index contributed by atoms with van der Waals surface area (Å²) in [5.41, 5.74) is 2.64. The first kappa shape index (κ1) is 23.1. The molecule has 0 amide bonds. The van der Waals surface area contributed by atoms with Crippen molar-refractivity contribution in [3.8, 4) is 11.5 Å². The molecule has 4 nitrogen and oxygen atoms in total. The molecule has 0 heterocycles. The first-order valence-electron chi connectivity index (χ1n) is 11.0. The zero-order valence-corrected chi connectivity index (χ0v) is 19.0. The molecule has 31 heavy (non-hydrogen) atoms. The van der Waals surface area contributed by atoms with Crippen LogP contribution in [0.25, 0.3) is 0 Å². The number of unbranched alkanes of at least 4 members (excludes halogenated alkanes) is 2. The van der Waals surface area contributed by atoms with E-state index < -0.39 is 7.82 Å². The molecule has 0 bridgehead atoms. The Balaban J connectivity index is 1.56. The van der Waals surface area contributed by atoms with E-state index in [0.29, 0.717) is 11.5 Å². The Hall–Kier alpha value is -2.55. The molecule has 3 rings (SSSR count). The fourth-order valence-electron chi connectivity index (χ4n) is 3.26. The van der Waals surface area contributed by atoms with Crippen LogP contribution in [0.2, 0.25) is 0 Å². The van der Waals surface area contributed by atoms with Gasteiger partial charge in [0.2, 0.25) is 0 Å². The SMILES string of the molecule is CCCCCc1cccc(CCCOP(=O)(Oc2ccccc2)Oc2ccccc2)c1. The van der Waals surface area contributed by atoms with Crippen molar-refractivity contribution in [2.24, 2.45) is 0 Å². The number of para-hydroxylation sites is 2. The van der Waals surface area contributed by atoms with Crippen LogP contribution in [0.15, 0.2) is 84.9 Å². The molecule has 5 heteroatoms. The van der Waals surface area contributed by atoms with Gasteiger partial charge in [-0.2, -0.15) is 0 Å². The number of hydrogen-bond acceptors (Lipinski definition) is 4. The Kier molecular flexibility index (Phi) is 9.20. The monoisotopic (exact) mass is 438 g/mol. The number of hydrogen-bond donors (Lipinski definition) is 0. The smallest absolute Gasteiger partial charge is 0.395 e. The van der Waals surface area contributed by atoms with Gasteiger partial charge in [0.15, 0.2) is 0 Å². The van der Waals surface area contributed by atoms with Gasteiger partial charge in [-0.25, -0.2) is 4.57 Å². The lowest BCUT2D eigenvalue weighted by Gasteiger charge is -2.19. The number of benzene rings is 3. The second-order valence-electron chi connectivity index (χ2n) is 7.47. The maximum absolute atomic E-state index is 13.3. The molecule has 0 radical (unpaired) electrons. The van der Waals surface area contributed by atoms with Crippen LogP contribution in [0.3, 0.4) is 0 Å². The molecule has 0 aromatic heterocycles. The third-order valence-electron chi connectivity index (χ3n) is 4.84. The van der Waals surface area contributed by atoms with Crippen molar-refractivity contribution < 1.29 is 18.1 Å². The zero-order chi connectivity index (χ0) is 21.8. The van der Waals surface area contributed by atoms with Crippen LogP contribution in [0.1, 0.15) is 43.7 Å². The van der Waals surface area contributed by atoms with Crippen molar-refractivity contribution in [2.45, 2.75) is 45.4 Å². The van der Waals surface area contributed by atoms with Crippen molar-refractivity contribution in [3.05, 3.63) is 96.1 Å². The number of rotatable bonds is 13. The van der Waals surface area contributed by atoms with Crippen LogP contribution >= 0.6 is 7.82 Å². The molecular weight excluding hydrogens is 407 g/mol. The maximum atomic E-state index is 13.3. The highest BCUT2D eigenvalue weighted by atomic mass is 31.2. The Morgan fingerprint density at radius 1 is 0.677 bits per heavy atom. The molecule has 0 aliphatic carbocycles. The summed E-state index contributed by atoms with van der Waals surface area (Å²) < 4.78 is 30.3. The molecule has 0 N–H and O–H groups in total. The average molecular weight is 439 g/mol. The molecule has 0 aliphatic rings. The standard InChI is InChI=1S/C26H31O4P/c1-2-3-6-13-23-14-11-15-24(22-23)16-12-21-28-31(27,29-25-17-7-4-8-18-25)30-26-19-9-5-10-20-26/h4-5,7-11,14-15,17-20,22H,2-3,6,12-13,16,21H2,1H3. The van der Waals surface area contributed by atoms with Crippen molar-refractivity contribution >= 4 is 7.82 Å². The van der Waals surface area contributed by atoms with Gasteiger partial charge in [0.25, 0.3) is 0 Å². The van der Waals surface area contributed by atoms with Gasteiger partial charge in [0.1, 0.15) is 11.5 Å². The third kappa shape index (κ3) is 8.24. The number of phosphoric ester groups is 1. The predicted molar refractivity (Wildman–Crippen MR) is 126 cm³/mol. The zero-order valence-electron chi connectivity index (χ0n) is 18.1. The molecule has 0 unspecified atom stereocenters. The number of phosphoric acid groups is 1. The summed E-state index contributed by atoms with van der Waals surface area (Å²) in [6.45, 7) is 2.50. The van der Waals surface area contributed by atoms with E-state index in [0.717, 1.165) is 19.3 Å². The Morgan fingerprint density at radius 3 is 1.77 bits per heavy atom. The van der Waals surface area contributed by atoms with Crippen LogP contribution in [0.4, 0.5) is 0 Å². The van der Waals surface area contributed by atoms with Crippen LogP contribution in [0.5, 0.6) is 11.5 Å². The molecule has 0 spiro atoms. The summed E-state index contributed by atoms with van der Waals surface area (Å²) in [5, 5.41) is 0. The van der Waals surface area contributed by atoms with E-state index in [-0.39, 0.29) is 6.61 Å². The van der Waals surface area contributed by atoms with Crippen LogP contribution in [0, 0.1) is 0 Å². The second kappa shape index (κ2) is 12.3. The minimum absolute atomic E-state index is 0.275. The topological polar surface area (TPSA) is 44.8 Å². The fourth-order valence-corrected chi connectivity index (χ4v) is 4.52. The lowest BCUT2D eigenvalue weighted by atomic mass is 10.0. The first-order valence-corrected chi connectivity index (χ1v) is 12.4. The summed E-state index contributed by atoms with van der Waals surface area (Å²) in [7, 11) is -3.81. The molecule has 0 aliphatic heterocycles. The van der Waals surface area contributed by atoms with Crippen LogP contribution in [-0.4, -0.2) is 6.61 Å². The largest absolute Gasteiger partial charge is 0.587 e. The lowest BCUT2D eigenvalue weighted by molar-refractivity contribution is 0.207. The maximum Gasteiger partial charge on any atom is 0.587 e. The molecule has 0 saturated heterocycles. The van der Waals surface area contributed by atoms with E-state index in [1.807, 2.05) is 36.4 Å². The highest BCUT2D eigenvalue weighted by Gasteiger charge is 2.30. The van der Waals surface area contributed by atoms with Crippen molar-refractivity contribution in [3.63, 3.8) is 0 Å². The first-order chi connectivity index (χ1) is 15.2. The van der Waals surface area contributed by atoms with Gasteiger partial charge in [0, 0.05) is 0 Å². The van der Waals surface area contributed by atoms with Gasteiger partial charge >= 0.3 is 7.82 Å². The van der Waals surface area contributed by atoms with Gasteiger partial charge in [-0.3, -0.25) is 4.52 Å². The molecule has 164 valence electrons. The quantitative estimate of drug-likeness (QED) is 0.203. The van der Waals surface area contributed by atoms with E-state index in [4.69, 9.17) is 13.6 Å². The molecule has 0 saturated carbocycles. The van der Waals surface area contributed by atoms with E-state index in [2.05, 4.69) is 31.2 Å². The Morgan fingerprint density at radius 2 is 1.23 bits per heavy atom. The van der Waals surface area contributed by atoms with Crippen molar-refractivity contribution in [1.82, 2.24) is 0 Å². The van der Waals surface area contributed by atoms with E-state index >= 15 is 0 Å². The summed E-state index contributed by atoms with van der Waals surface area (Å²) in [6, 6.07) is 26.6. The van der Waals surface area contributed by atoms with E-state index in [9.17, 15) is 4.57 Å². The second-order valence-corrected chi connectivity index (χ2v) is 8.99. The minimum atomic E-state index is -3.81. The van der Waals surface area contributed by atoms with Gasteiger partial charge in [0.05, 0.1) is 6.61 Å². The minimum Gasteiger partial charge on any atom is -0.395 e. The highest BCUT2D eigenvalue weighted by Crippen LogP contribution is 2.49. The predicted octanol–water partition coefficient (Wildman–Crippen LogP) is 7.63.